The second kappa shape index (κ2) is 10.4. The van der Waals surface area contributed by atoms with Gasteiger partial charge < -0.3 is 15.2 Å². The van der Waals surface area contributed by atoms with Crippen LogP contribution < -0.4 is 10.5 Å². The van der Waals surface area contributed by atoms with E-state index < -0.39 is 0 Å². The average molecular weight is 433 g/mol. The summed E-state index contributed by atoms with van der Waals surface area (Å²) in [5.41, 5.74) is 14.3. The van der Waals surface area contributed by atoms with E-state index in [1.165, 1.54) is 12.7 Å². The van der Waals surface area contributed by atoms with Crippen LogP contribution in [0.4, 0.5) is 0 Å². The summed E-state index contributed by atoms with van der Waals surface area (Å²) in [7, 11) is 1.37. The quantitative estimate of drug-likeness (QED) is 0.483. The smallest absolute Gasteiger partial charge is 0.337 e. The third-order valence-electron chi connectivity index (χ3n) is 5.50. The van der Waals surface area contributed by atoms with Gasteiger partial charge in [-0.3, -0.25) is 4.98 Å². The summed E-state index contributed by atoms with van der Waals surface area (Å²) in [4.78, 5) is 16.6. The van der Waals surface area contributed by atoms with Crippen LogP contribution in [0.2, 0.25) is 0 Å². The number of carbonyl (C=O) groups is 1. The van der Waals surface area contributed by atoms with Crippen LogP contribution in [0.1, 0.15) is 52.3 Å². The largest absolute Gasteiger partial charge is 0.489 e. The maximum Gasteiger partial charge on any atom is 0.337 e. The molecule has 5 heteroatoms. The lowest BCUT2D eigenvalue weighted by Gasteiger charge is -2.21. The maximum atomic E-state index is 11.7. The van der Waals surface area contributed by atoms with Crippen molar-refractivity contribution >= 4 is 5.97 Å². The highest BCUT2D eigenvalue weighted by molar-refractivity contribution is 5.89. The second-order valence-electron chi connectivity index (χ2n) is 8.45. The van der Waals surface area contributed by atoms with Gasteiger partial charge in [-0.15, -0.1) is 0 Å². The van der Waals surface area contributed by atoms with Crippen molar-refractivity contribution in [3.63, 3.8) is 0 Å². The van der Waals surface area contributed by atoms with Crippen LogP contribution in [0.25, 0.3) is 11.1 Å². The number of aromatic nitrogens is 1. The fourth-order valence-corrected chi connectivity index (χ4v) is 3.83. The number of carbonyl (C=O) groups excluding carboxylic acids is 1. The van der Waals surface area contributed by atoms with Crippen LogP contribution in [-0.2, 0) is 24.3 Å². The topological polar surface area (TPSA) is 74.4 Å². The summed E-state index contributed by atoms with van der Waals surface area (Å²) in [5, 5.41) is 0. The molecule has 0 aliphatic rings. The number of pyridine rings is 1. The Kier molecular flexibility index (Phi) is 7.65. The fraction of sp³-hybridized carbons (Fsp3) is 0.333. The molecule has 2 N–H and O–H groups in total. The van der Waals surface area contributed by atoms with Gasteiger partial charge >= 0.3 is 5.97 Å². The molecule has 0 aliphatic carbocycles. The molecule has 0 spiro atoms. The minimum absolute atomic E-state index is 0.356. The highest BCUT2D eigenvalue weighted by Gasteiger charge is 2.20. The third kappa shape index (κ3) is 5.35. The van der Waals surface area contributed by atoms with Crippen LogP contribution in [-0.4, -0.2) is 18.1 Å². The average Bonchev–Trinajstić information content (AvgIpc) is 2.78. The number of esters is 1. The van der Waals surface area contributed by atoms with E-state index in [9.17, 15) is 4.79 Å². The van der Waals surface area contributed by atoms with Crippen molar-refractivity contribution in [1.29, 1.82) is 0 Å². The molecule has 3 rings (SSSR count). The van der Waals surface area contributed by atoms with Gasteiger partial charge in [0.2, 0.25) is 0 Å². The molecule has 0 amide bonds. The molecule has 0 radical (unpaired) electrons. The fourth-order valence-electron chi connectivity index (χ4n) is 3.83. The first-order valence-corrected chi connectivity index (χ1v) is 10.9. The summed E-state index contributed by atoms with van der Waals surface area (Å²) < 4.78 is 10.9. The van der Waals surface area contributed by atoms with Crippen molar-refractivity contribution in [3.8, 4) is 16.9 Å². The Hall–Kier alpha value is -3.18. The molecule has 32 heavy (non-hydrogen) atoms. The third-order valence-corrected chi connectivity index (χ3v) is 5.50. The van der Waals surface area contributed by atoms with Crippen LogP contribution in [0.5, 0.6) is 5.75 Å². The molecule has 0 saturated heterocycles. The SMILES string of the molecule is COC(=O)c1ccc(OCc2c(C)nc(CC(C)C)c(CN)c2-c2ccc(C)cc2)cc1. The number of ether oxygens (including phenoxy) is 2. The maximum absolute atomic E-state index is 11.7. The molecule has 2 aromatic carbocycles. The van der Waals surface area contributed by atoms with E-state index in [4.69, 9.17) is 20.2 Å². The zero-order chi connectivity index (χ0) is 23.3. The van der Waals surface area contributed by atoms with Gasteiger partial charge in [0.15, 0.2) is 0 Å². The number of nitrogens with zero attached hydrogens (tertiary/aromatic N) is 1. The normalized spacial score (nSPS) is 11.0. The minimum atomic E-state index is -0.369. The number of rotatable bonds is 8. The molecule has 0 unspecified atom stereocenters. The van der Waals surface area contributed by atoms with E-state index in [1.807, 2.05) is 6.92 Å². The van der Waals surface area contributed by atoms with Crippen molar-refractivity contribution in [2.45, 2.75) is 47.3 Å². The first kappa shape index (κ1) is 23.5. The van der Waals surface area contributed by atoms with Crippen molar-refractivity contribution in [3.05, 3.63) is 82.2 Å². The Morgan fingerprint density at radius 3 is 2.22 bits per heavy atom. The molecule has 1 heterocycles. The van der Waals surface area contributed by atoms with Crippen LogP contribution in [0.15, 0.2) is 48.5 Å². The summed E-state index contributed by atoms with van der Waals surface area (Å²) in [6.45, 7) is 9.27. The van der Waals surface area contributed by atoms with Gasteiger partial charge in [-0.25, -0.2) is 4.79 Å². The number of nitrogens with two attached hydrogens (primary N) is 1. The Morgan fingerprint density at radius 2 is 1.66 bits per heavy atom. The van der Waals surface area contributed by atoms with Crippen LogP contribution in [0, 0.1) is 19.8 Å². The standard InChI is InChI=1S/C27H32N2O3/c1-17(2)14-25-23(15-28)26(20-8-6-18(3)7-9-20)24(19(4)29-25)16-32-22-12-10-21(11-13-22)27(30)31-5/h6-13,17H,14-16,28H2,1-5H3. The lowest BCUT2D eigenvalue weighted by molar-refractivity contribution is 0.0600. The van der Waals surface area contributed by atoms with Crippen molar-refractivity contribution < 1.29 is 14.3 Å². The van der Waals surface area contributed by atoms with Crippen molar-refractivity contribution in [1.82, 2.24) is 4.98 Å². The minimum Gasteiger partial charge on any atom is -0.489 e. The highest BCUT2D eigenvalue weighted by atomic mass is 16.5. The molecule has 0 atom stereocenters. The Balaban J connectivity index is 2.02. The molecule has 0 fully saturated rings. The van der Waals surface area contributed by atoms with Gasteiger partial charge in [0.1, 0.15) is 12.4 Å². The van der Waals surface area contributed by atoms with E-state index in [2.05, 4.69) is 45.0 Å². The number of hydrogen-bond acceptors (Lipinski definition) is 5. The monoisotopic (exact) mass is 432 g/mol. The lowest BCUT2D eigenvalue weighted by Crippen LogP contribution is -2.14. The first-order chi connectivity index (χ1) is 15.3. The van der Waals surface area contributed by atoms with Crippen molar-refractivity contribution in [2.24, 2.45) is 11.7 Å². The van der Waals surface area contributed by atoms with Gasteiger partial charge in [0, 0.05) is 23.5 Å². The zero-order valence-corrected chi connectivity index (χ0v) is 19.6. The Morgan fingerprint density at radius 1 is 1.00 bits per heavy atom. The van der Waals surface area contributed by atoms with Gasteiger partial charge in [0.05, 0.1) is 12.7 Å². The molecule has 5 nitrogen and oxygen atoms in total. The molecule has 3 aromatic rings. The number of methoxy groups -OCH3 is 1. The molecule has 168 valence electrons. The molecular weight excluding hydrogens is 400 g/mol. The number of benzene rings is 2. The van der Waals surface area contributed by atoms with Gasteiger partial charge in [-0.2, -0.15) is 0 Å². The van der Waals surface area contributed by atoms with E-state index in [0.29, 0.717) is 30.4 Å². The molecular formula is C27H32N2O3. The Labute approximate surface area is 190 Å². The Bertz CT molecular complexity index is 1070. The summed E-state index contributed by atoms with van der Waals surface area (Å²) in [6.07, 6.45) is 0.877. The van der Waals surface area contributed by atoms with E-state index in [-0.39, 0.29) is 5.97 Å². The highest BCUT2D eigenvalue weighted by Crippen LogP contribution is 2.33. The molecule has 0 aliphatic heterocycles. The van der Waals surface area contributed by atoms with E-state index in [0.717, 1.165) is 40.1 Å². The van der Waals surface area contributed by atoms with Crippen LogP contribution in [0.3, 0.4) is 0 Å². The van der Waals surface area contributed by atoms with E-state index >= 15 is 0 Å². The lowest BCUT2D eigenvalue weighted by atomic mass is 9.90. The first-order valence-electron chi connectivity index (χ1n) is 10.9. The van der Waals surface area contributed by atoms with Crippen LogP contribution >= 0.6 is 0 Å². The second-order valence-corrected chi connectivity index (χ2v) is 8.45. The van der Waals surface area contributed by atoms with Gasteiger partial charge in [-0.05, 0) is 67.1 Å². The zero-order valence-electron chi connectivity index (χ0n) is 19.6. The van der Waals surface area contributed by atoms with Gasteiger partial charge in [-0.1, -0.05) is 43.7 Å². The van der Waals surface area contributed by atoms with Crippen molar-refractivity contribution in [2.75, 3.05) is 7.11 Å². The molecule has 0 bridgehead atoms. The predicted molar refractivity (Wildman–Crippen MR) is 128 cm³/mol. The number of hydrogen-bond donors (Lipinski definition) is 1. The van der Waals surface area contributed by atoms with Gasteiger partial charge in [0.25, 0.3) is 0 Å². The number of aryl methyl sites for hydroxylation is 2. The molecule has 0 saturated carbocycles. The summed E-state index contributed by atoms with van der Waals surface area (Å²) in [6, 6.07) is 15.4. The molecule has 1 aromatic heterocycles. The summed E-state index contributed by atoms with van der Waals surface area (Å²) >= 11 is 0. The van der Waals surface area contributed by atoms with E-state index in [1.54, 1.807) is 24.3 Å². The summed E-state index contributed by atoms with van der Waals surface area (Å²) in [5.74, 6) is 0.785. The predicted octanol–water partition coefficient (Wildman–Crippen LogP) is 5.39.